The molecule has 0 aromatic carbocycles. The van der Waals surface area contributed by atoms with Gasteiger partial charge in [-0.15, -0.1) is 0 Å². The van der Waals surface area contributed by atoms with E-state index in [-0.39, 0.29) is 5.54 Å². The highest BCUT2D eigenvalue weighted by Crippen LogP contribution is 2.27. The summed E-state index contributed by atoms with van der Waals surface area (Å²) in [5.74, 6) is 0.337. The van der Waals surface area contributed by atoms with E-state index < -0.39 is 0 Å². The SMILES string of the molecule is CCC1CCCN1C(=O)C1(C)CCCN1. The molecule has 2 atom stereocenters. The first kappa shape index (κ1) is 10.9. The molecule has 1 amide bonds. The fourth-order valence-electron chi connectivity index (χ4n) is 2.92. The summed E-state index contributed by atoms with van der Waals surface area (Å²) in [4.78, 5) is 14.5. The Morgan fingerprint density at radius 1 is 1.53 bits per heavy atom. The number of nitrogens with one attached hydrogen (secondary N) is 1. The predicted molar refractivity (Wildman–Crippen MR) is 60.7 cm³/mol. The van der Waals surface area contributed by atoms with Crippen molar-refractivity contribution in [2.45, 2.75) is 57.5 Å². The summed E-state index contributed by atoms with van der Waals surface area (Å²) in [5, 5.41) is 3.36. The van der Waals surface area contributed by atoms with E-state index in [0.29, 0.717) is 11.9 Å². The molecule has 3 nitrogen and oxygen atoms in total. The lowest BCUT2D eigenvalue weighted by Gasteiger charge is -2.32. The zero-order chi connectivity index (χ0) is 10.9. The van der Waals surface area contributed by atoms with Crippen molar-refractivity contribution in [2.24, 2.45) is 0 Å². The van der Waals surface area contributed by atoms with Crippen LogP contribution in [0.5, 0.6) is 0 Å². The Morgan fingerprint density at radius 3 is 2.93 bits per heavy atom. The van der Waals surface area contributed by atoms with Crippen LogP contribution in [0.3, 0.4) is 0 Å². The smallest absolute Gasteiger partial charge is 0.242 e. The second kappa shape index (κ2) is 4.12. The van der Waals surface area contributed by atoms with Gasteiger partial charge in [0.05, 0.1) is 5.54 Å². The van der Waals surface area contributed by atoms with Gasteiger partial charge < -0.3 is 10.2 Å². The standard InChI is InChI=1S/C12H22N2O/c1-3-10-6-4-9-14(10)11(15)12(2)7-5-8-13-12/h10,13H,3-9H2,1-2H3. The van der Waals surface area contributed by atoms with E-state index in [4.69, 9.17) is 0 Å². The van der Waals surface area contributed by atoms with Crippen LogP contribution in [0, 0.1) is 0 Å². The molecule has 86 valence electrons. The van der Waals surface area contributed by atoms with Crippen molar-refractivity contribution in [1.82, 2.24) is 10.2 Å². The number of hydrogen-bond acceptors (Lipinski definition) is 2. The van der Waals surface area contributed by atoms with Crippen LogP contribution < -0.4 is 5.32 Å². The minimum absolute atomic E-state index is 0.266. The molecule has 0 spiro atoms. The van der Waals surface area contributed by atoms with Crippen molar-refractivity contribution in [3.63, 3.8) is 0 Å². The van der Waals surface area contributed by atoms with Crippen molar-refractivity contribution >= 4 is 5.91 Å². The van der Waals surface area contributed by atoms with E-state index in [1.54, 1.807) is 0 Å². The molecule has 2 rings (SSSR count). The fraction of sp³-hybridized carbons (Fsp3) is 0.917. The van der Waals surface area contributed by atoms with Gasteiger partial charge in [-0.1, -0.05) is 6.92 Å². The average molecular weight is 210 g/mol. The molecule has 0 aliphatic carbocycles. The molecule has 2 unspecified atom stereocenters. The Morgan fingerprint density at radius 2 is 2.33 bits per heavy atom. The van der Waals surface area contributed by atoms with Gasteiger partial charge in [-0.25, -0.2) is 0 Å². The van der Waals surface area contributed by atoms with E-state index in [9.17, 15) is 4.79 Å². The second-order valence-corrected chi connectivity index (χ2v) is 5.07. The normalized spacial score (nSPS) is 36.1. The van der Waals surface area contributed by atoms with Crippen LogP contribution in [0.15, 0.2) is 0 Å². The third-order valence-electron chi connectivity index (χ3n) is 3.95. The first-order valence-electron chi connectivity index (χ1n) is 6.23. The van der Waals surface area contributed by atoms with Crippen molar-refractivity contribution in [3.8, 4) is 0 Å². The van der Waals surface area contributed by atoms with E-state index in [0.717, 1.165) is 32.4 Å². The van der Waals surface area contributed by atoms with Gasteiger partial charge in [0.25, 0.3) is 0 Å². The van der Waals surface area contributed by atoms with Crippen LogP contribution in [-0.2, 0) is 4.79 Å². The summed E-state index contributed by atoms with van der Waals surface area (Å²) in [6, 6.07) is 0.497. The van der Waals surface area contributed by atoms with Crippen LogP contribution in [0.25, 0.3) is 0 Å². The maximum absolute atomic E-state index is 12.4. The molecule has 0 bridgehead atoms. The van der Waals surface area contributed by atoms with Gasteiger partial charge in [0.15, 0.2) is 0 Å². The monoisotopic (exact) mass is 210 g/mol. The largest absolute Gasteiger partial charge is 0.338 e. The Balaban J connectivity index is 2.06. The van der Waals surface area contributed by atoms with Crippen LogP contribution >= 0.6 is 0 Å². The molecule has 15 heavy (non-hydrogen) atoms. The van der Waals surface area contributed by atoms with E-state index in [1.807, 2.05) is 0 Å². The molecular formula is C12H22N2O. The van der Waals surface area contributed by atoms with Crippen LogP contribution in [0.4, 0.5) is 0 Å². The molecule has 0 aromatic rings. The average Bonchev–Trinajstić information content (AvgIpc) is 2.85. The first-order chi connectivity index (χ1) is 7.17. The maximum Gasteiger partial charge on any atom is 0.242 e. The molecule has 2 heterocycles. The summed E-state index contributed by atoms with van der Waals surface area (Å²) >= 11 is 0. The molecule has 3 heteroatoms. The number of carbonyl (C=O) groups is 1. The Labute approximate surface area is 92.2 Å². The van der Waals surface area contributed by atoms with Crippen molar-refractivity contribution < 1.29 is 4.79 Å². The van der Waals surface area contributed by atoms with Crippen LogP contribution in [-0.4, -0.2) is 35.5 Å². The molecule has 0 radical (unpaired) electrons. The summed E-state index contributed by atoms with van der Waals surface area (Å²) in [6.45, 7) is 6.20. The highest BCUT2D eigenvalue weighted by atomic mass is 16.2. The number of nitrogens with zero attached hydrogens (tertiary/aromatic N) is 1. The van der Waals surface area contributed by atoms with Gasteiger partial charge in [-0.2, -0.15) is 0 Å². The van der Waals surface area contributed by atoms with Crippen molar-refractivity contribution in [2.75, 3.05) is 13.1 Å². The van der Waals surface area contributed by atoms with Crippen LogP contribution in [0.2, 0.25) is 0 Å². The summed E-state index contributed by atoms with van der Waals surface area (Å²) in [5.41, 5.74) is -0.266. The van der Waals surface area contributed by atoms with Gasteiger partial charge in [-0.05, 0) is 45.6 Å². The lowest BCUT2D eigenvalue weighted by atomic mass is 9.97. The van der Waals surface area contributed by atoms with E-state index >= 15 is 0 Å². The molecular weight excluding hydrogens is 188 g/mol. The molecule has 0 saturated carbocycles. The second-order valence-electron chi connectivity index (χ2n) is 5.07. The third kappa shape index (κ3) is 1.89. The summed E-state index contributed by atoms with van der Waals surface area (Å²) < 4.78 is 0. The lowest BCUT2D eigenvalue weighted by Crippen LogP contribution is -2.54. The van der Waals surface area contributed by atoms with Gasteiger partial charge in [0.2, 0.25) is 5.91 Å². The van der Waals surface area contributed by atoms with Gasteiger partial charge in [0, 0.05) is 12.6 Å². The van der Waals surface area contributed by atoms with E-state index in [2.05, 4.69) is 24.1 Å². The molecule has 2 fully saturated rings. The minimum Gasteiger partial charge on any atom is -0.338 e. The molecule has 2 aliphatic rings. The molecule has 2 saturated heterocycles. The van der Waals surface area contributed by atoms with Crippen molar-refractivity contribution in [3.05, 3.63) is 0 Å². The van der Waals surface area contributed by atoms with Gasteiger partial charge in [0.1, 0.15) is 0 Å². The lowest BCUT2D eigenvalue weighted by molar-refractivity contribution is -0.138. The molecule has 2 aliphatic heterocycles. The Bertz CT molecular complexity index is 246. The minimum atomic E-state index is -0.266. The number of rotatable bonds is 2. The highest BCUT2D eigenvalue weighted by molar-refractivity contribution is 5.86. The van der Waals surface area contributed by atoms with E-state index in [1.165, 1.54) is 12.8 Å². The Hall–Kier alpha value is -0.570. The van der Waals surface area contributed by atoms with Crippen molar-refractivity contribution in [1.29, 1.82) is 0 Å². The van der Waals surface area contributed by atoms with Crippen LogP contribution in [0.1, 0.15) is 46.0 Å². The van der Waals surface area contributed by atoms with Gasteiger partial charge >= 0.3 is 0 Å². The summed E-state index contributed by atoms with van der Waals surface area (Å²) in [7, 11) is 0. The number of likely N-dealkylation sites (tertiary alicyclic amines) is 1. The quantitative estimate of drug-likeness (QED) is 0.749. The predicted octanol–water partition coefficient (Wildman–Crippen LogP) is 1.53. The summed E-state index contributed by atoms with van der Waals surface area (Å²) in [6.07, 6.45) is 5.60. The number of hydrogen-bond donors (Lipinski definition) is 1. The molecule has 0 aromatic heterocycles. The maximum atomic E-state index is 12.4. The van der Waals surface area contributed by atoms with Gasteiger partial charge in [-0.3, -0.25) is 4.79 Å². The fourth-order valence-corrected chi connectivity index (χ4v) is 2.92. The number of carbonyl (C=O) groups excluding carboxylic acids is 1. The zero-order valence-corrected chi connectivity index (χ0v) is 9.88. The highest BCUT2D eigenvalue weighted by Gasteiger charge is 2.41. The topological polar surface area (TPSA) is 32.3 Å². The number of amides is 1. The third-order valence-corrected chi connectivity index (χ3v) is 3.95. The Kier molecular flexibility index (Phi) is 3.01. The zero-order valence-electron chi connectivity index (χ0n) is 9.88. The first-order valence-corrected chi connectivity index (χ1v) is 6.23. The molecule has 1 N–H and O–H groups in total.